The Morgan fingerprint density at radius 1 is 0.833 bits per heavy atom. The van der Waals surface area contributed by atoms with Gasteiger partial charge in [0.25, 0.3) is 0 Å². The minimum atomic E-state index is -1.47. The predicted molar refractivity (Wildman–Crippen MR) is 125 cm³/mol. The monoisotopic (exact) mass is 417 g/mol. The maximum absolute atomic E-state index is 12.9. The zero-order valence-corrected chi connectivity index (χ0v) is 17.9. The molecule has 0 aliphatic carbocycles. The van der Waals surface area contributed by atoms with Crippen LogP contribution in [-0.4, -0.2) is 28.3 Å². The van der Waals surface area contributed by atoms with Crippen molar-refractivity contribution in [3.05, 3.63) is 78.4 Å². The van der Waals surface area contributed by atoms with Gasteiger partial charge in [0.05, 0.1) is 15.9 Å². The van der Waals surface area contributed by atoms with Crippen LogP contribution in [0.1, 0.15) is 5.56 Å². The Bertz CT molecular complexity index is 1210. The summed E-state index contributed by atoms with van der Waals surface area (Å²) in [6, 6.07) is 23.2. The van der Waals surface area contributed by atoms with Crippen LogP contribution in [-0.2, 0) is 11.0 Å². The third-order valence-electron chi connectivity index (χ3n) is 4.62. The van der Waals surface area contributed by atoms with E-state index in [2.05, 4.69) is 15.0 Å². The number of aromatic nitrogens is 2. The van der Waals surface area contributed by atoms with Crippen molar-refractivity contribution in [2.75, 3.05) is 29.0 Å². The van der Waals surface area contributed by atoms with Gasteiger partial charge in [-0.1, -0.05) is 35.9 Å². The van der Waals surface area contributed by atoms with Crippen LogP contribution in [0, 0.1) is 6.92 Å². The number of nitrogens with one attached hydrogen (secondary N) is 2. The lowest BCUT2D eigenvalue weighted by Crippen LogP contribution is -2.11. The van der Waals surface area contributed by atoms with Crippen molar-refractivity contribution < 1.29 is 4.21 Å². The lowest BCUT2D eigenvalue weighted by molar-refractivity contribution is 0.686. The van der Waals surface area contributed by atoms with Gasteiger partial charge in [0.15, 0.2) is 22.6 Å². The molecule has 0 aliphatic heterocycles. The highest BCUT2D eigenvalue weighted by Crippen LogP contribution is 2.27. The molecule has 1 aromatic heterocycles. The molecule has 0 saturated heterocycles. The fourth-order valence-electron chi connectivity index (χ4n) is 2.97. The Morgan fingerprint density at radius 2 is 1.50 bits per heavy atom. The van der Waals surface area contributed by atoms with Gasteiger partial charge in [0.1, 0.15) is 0 Å². The van der Waals surface area contributed by atoms with Crippen molar-refractivity contribution in [2.24, 2.45) is 0 Å². The maximum Gasteiger partial charge on any atom is 0.182 e. The Kier molecular flexibility index (Phi) is 5.63. The molecule has 0 amide bonds. The summed E-state index contributed by atoms with van der Waals surface area (Å²) in [6.45, 7) is 2.00. The average Bonchev–Trinajstić information content (AvgIpc) is 2.74. The highest BCUT2D eigenvalue weighted by molar-refractivity contribution is 7.86. The zero-order chi connectivity index (χ0) is 21.1. The first kappa shape index (κ1) is 19.8. The Morgan fingerprint density at radius 3 is 2.17 bits per heavy atom. The van der Waals surface area contributed by atoms with Gasteiger partial charge in [-0.15, -0.1) is 0 Å². The second kappa shape index (κ2) is 8.51. The molecule has 0 radical (unpaired) electrons. The molecule has 0 bridgehead atoms. The van der Waals surface area contributed by atoms with Crippen molar-refractivity contribution >= 4 is 45.0 Å². The third-order valence-corrected chi connectivity index (χ3v) is 5.70. The first-order chi connectivity index (χ1) is 14.5. The topological polar surface area (TPSA) is 70.1 Å². The Hall–Kier alpha value is -3.45. The smallest absolute Gasteiger partial charge is 0.182 e. The Labute approximate surface area is 178 Å². The summed E-state index contributed by atoms with van der Waals surface area (Å²) in [5.41, 5.74) is 4.54. The van der Waals surface area contributed by atoms with Crippen LogP contribution in [0.3, 0.4) is 0 Å². The van der Waals surface area contributed by atoms with E-state index in [1.165, 1.54) is 0 Å². The minimum Gasteiger partial charge on any atom is -0.378 e. The van der Waals surface area contributed by atoms with E-state index in [9.17, 15) is 4.21 Å². The van der Waals surface area contributed by atoms with Gasteiger partial charge in [0.2, 0.25) is 0 Å². The molecule has 1 atom stereocenters. The number of fused-ring (bicyclic) bond motifs is 1. The lowest BCUT2D eigenvalue weighted by Gasteiger charge is -2.16. The first-order valence-electron chi connectivity index (χ1n) is 9.56. The molecule has 0 fully saturated rings. The number of nitrogens with zero attached hydrogens (tertiary/aromatic N) is 3. The quantitative estimate of drug-likeness (QED) is 0.468. The van der Waals surface area contributed by atoms with Gasteiger partial charge in [-0.3, -0.25) is 4.72 Å². The fourth-order valence-corrected chi connectivity index (χ4v) is 3.78. The summed E-state index contributed by atoms with van der Waals surface area (Å²) in [6.07, 6.45) is 0. The van der Waals surface area contributed by atoms with Crippen LogP contribution in [0.5, 0.6) is 0 Å². The van der Waals surface area contributed by atoms with E-state index in [1.807, 2.05) is 98.7 Å². The van der Waals surface area contributed by atoms with E-state index in [1.54, 1.807) is 0 Å². The summed E-state index contributed by atoms with van der Waals surface area (Å²) in [7, 11) is 2.52. The van der Waals surface area contributed by atoms with Gasteiger partial charge in [-0.2, -0.15) is 0 Å². The second-order valence-corrected chi connectivity index (χ2v) is 8.38. The fraction of sp³-hybridized carbons (Fsp3) is 0.130. The van der Waals surface area contributed by atoms with E-state index in [0.717, 1.165) is 28.0 Å². The number of hydrogen-bond acceptors (Lipinski definition) is 5. The molecular weight excluding hydrogens is 394 g/mol. The van der Waals surface area contributed by atoms with Crippen LogP contribution in [0.4, 0.5) is 23.0 Å². The van der Waals surface area contributed by atoms with Gasteiger partial charge < -0.3 is 10.2 Å². The summed E-state index contributed by atoms with van der Waals surface area (Å²) >= 11 is 0. The van der Waals surface area contributed by atoms with Crippen molar-refractivity contribution in [2.45, 2.75) is 11.8 Å². The third kappa shape index (κ3) is 4.41. The predicted octanol–water partition coefficient (Wildman–Crippen LogP) is 4.88. The van der Waals surface area contributed by atoms with E-state index in [0.29, 0.717) is 16.5 Å². The van der Waals surface area contributed by atoms with E-state index in [4.69, 9.17) is 4.98 Å². The number of anilines is 4. The van der Waals surface area contributed by atoms with Crippen molar-refractivity contribution in [3.63, 3.8) is 0 Å². The average molecular weight is 418 g/mol. The molecule has 4 rings (SSSR count). The van der Waals surface area contributed by atoms with E-state index in [-0.39, 0.29) is 0 Å². The molecule has 0 aliphatic rings. The second-order valence-electron chi connectivity index (χ2n) is 7.16. The van der Waals surface area contributed by atoms with Crippen LogP contribution in [0.25, 0.3) is 11.0 Å². The number of para-hydroxylation sites is 2. The van der Waals surface area contributed by atoms with Crippen LogP contribution >= 0.6 is 0 Å². The highest BCUT2D eigenvalue weighted by Gasteiger charge is 2.13. The van der Waals surface area contributed by atoms with E-state index >= 15 is 0 Å². The van der Waals surface area contributed by atoms with Gasteiger partial charge >= 0.3 is 0 Å². The summed E-state index contributed by atoms with van der Waals surface area (Å²) < 4.78 is 15.9. The normalized spacial score (nSPS) is 11.8. The van der Waals surface area contributed by atoms with Crippen LogP contribution in [0.15, 0.2) is 77.7 Å². The van der Waals surface area contributed by atoms with Crippen molar-refractivity contribution in [1.29, 1.82) is 0 Å². The van der Waals surface area contributed by atoms with Gasteiger partial charge in [-0.05, 0) is 49.4 Å². The summed E-state index contributed by atoms with van der Waals surface area (Å²) in [5, 5.41) is 3.33. The summed E-state index contributed by atoms with van der Waals surface area (Å²) in [4.78, 5) is 12.1. The first-order valence-corrected chi connectivity index (χ1v) is 10.7. The lowest BCUT2D eigenvalue weighted by atomic mass is 10.2. The minimum absolute atomic E-state index is 0.433. The molecule has 7 heteroatoms. The highest BCUT2D eigenvalue weighted by atomic mass is 32.2. The molecule has 2 N–H and O–H groups in total. The van der Waals surface area contributed by atoms with Gasteiger partial charge in [-0.25, -0.2) is 14.2 Å². The molecule has 1 heterocycles. The number of benzene rings is 3. The van der Waals surface area contributed by atoms with Crippen LogP contribution in [0.2, 0.25) is 0 Å². The summed E-state index contributed by atoms with van der Waals surface area (Å²) in [5.74, 6) is 0.952. The molecule has 3 aromatic carbocycles. The number of rotatable bonds is 6. The largest absolute Gasteiger partial charge is 0.378 e. The maximum atomic E-state index is 12.9. The molecule has 0 saturated carbocycles. The molecular formula is C23H23N5OS. The van der Waals surface area contributed by atoms with Gasteiger partial charge in [0, 0.05) is 25.5 Å². The zero-order valence-electron chi connectivity index (χ0n) is 17.1. The molecule has 30 heavy (non-hydrogen) atoms. The molecule has 1 unspecified atom stereocenters. The SMILES string of the molecule is Cc1ccc(S(=O)Nc2nc3ccccc3nc2Nc2cccc(N(C)C)c2)cc1. The molecule has 0 spiro atoms. The Balaban J connectivity index is 1.71. The van der Waals surface area contributed by atoms with E-state index < -0.39 is 11.0 Å². The number of hydrogen-bond donors (Lipinski definition) is 2. The molecule has 4 aromatic rings. The van der Waals surface area contributed by atoms with Crippen LogP contribution < -0.4 is 14.9 Å². The van der Waals surface area contributed by atoms with Crippen molar-refractivity contribution in [1.82, 2.24) is 9.97 Å². The number of aryl methyl sites for hydroxylation is 1. The molecule has 152 valence electrons. The standard InChI is InChI=1S/C23H23N5OS/c1-16-11-13-19(14-12-16)30(29)27-23-22(25-20-9-4-5-10-21(20)26-23)24-17-7-6-8-18(15-17)28(2)3/h4-15H,1-3H3,(H,24,25)(H,26,27). The molecule has 6 nitrogen and oxygen atoms in total. The van der Waals surface area contributed by atoms with Crippen molar-refractivity contribution in [3.8, 4) is 0 Å².